The maximum absolute atomic E-state index is 12.6. The van der Waals surface area contributed by atoms with Crippen LogP contribution in [0.1, 0.15) is 30.1 Å². The lowest BCUT2D eigenvalue weighted by Crippen LogP contribution is -2.47. The van der Waals surface area contributed by atoms with E-state index in [-0.39, 0.29) is 23.9 Å². The van der Waals surface area contributed by atoms with E-state index in [1.165, 1.54) is 4.90 Å². The number of rotatable bonds is 6. The predicted octanol–water partition coefficient (Wildman–Crippen LogP) is 2.67. The van der Waals surface area contributed by atoms with Gasteiger partial charge in [-0.2, -0.15) is 0 Å². The first-order chi connectivity index (χ1) is 13.9. The van der Waals surface area contributed by atoms with Gasteiger partial charge in [-0.3, -0.25) is 9.59 Å². The summed E-state index contributed by atoms with van der Waals surface area (Å²) < 4.78 is 5.69. The third kappa shape index (κ3) is 3.81. The van der Waals surface area contributed by atoms with Crippen molar-refractivity contribution in [1.82, 2.24) is 10.2 Å². The number of hydrogen-bond acceptors (Lipinski definition) is 4. The number of para-hydroxylation sites is 1. The van der Waals surface area contributed by atoms with E-state index in [1.54, 1.807) is 24.3 Å². The number of carbonyl (C=O) groups excluding carboxylic acids is 2. The van der Waals surface area contributed by atoms with Gasteiger partial charge in [0.15, 0.2) is 0 Å². The van der Waals surface area contributed by atoms with Gasteiger partial charge in [0.25, 0.3) is 5.91 Å². The molecule has 150 valence electrons. The normalized spacial score (nSPS) is 24.5. The summed E-state index contributed by atoms with van der Waals surface area (Å²) >= 11 is 0. The molecule has 2 amide bonds. The molecule has 2 aromatic carbocycles. The number of nitrogens with zero attached hydrogens (tertiary/aromatic N) is 1. The molecule has 7 heteroatoms. The summed E-state index contributed by atoms with van der Waals surface area (Å²) in [7, 11) is 0. The minimum atomic E-state index is -0.993. The molecule has 2 fully saturated rings. The second-order valence-electron chi connectivity index (χ2n) is 7.86. The zero-order chi connectivity index (χ0) is 20.6. The number of hydrogen-bond donors (Lipinski definition) is 2. The molecule has 1 unspecified atom stereocenters. The minimum absolute atomic E-state index is 0.0394. The highest BCUT2D eigenvalue weighted by Gasteiger charge is 2.64. The number of ether oxygens (including phenoxy) is 1. The highest BCUT2D eigenvalue weighted by Crippen LogP contribution is 2.59. The van der Waals surface area contributed by atoms with Crippen molar-refractivity contribution < 1.29 is 24.2 Å². The molecule has 0 radical (unpaired) electrons. The number of benzene rings is 2. The minimum Gasteiger partial charge on any atom is -0.480 e. The molecule has 2 N–H and O–H groups in total. The van der Waals surface area contributed by atoms with Gasteiger partial charge in [0.05, 0.1) is 6.54 Å². The molecular weight excluding hydrogens is 372 g/mol. The second-order valence-corrected chi connectivity index (χ2v) is 7.86. The number of amides is 2. The zero-order valence-corrected chi connectivity index (χ0v) is 16.0. The van der Waals surface area contributed by atoms with Gasteiger partial charge in [0.2, 0.25) is 5.91 Å². The summed E-state index contributed by atoms with van der Waals surface area (Å²) in [5.41, 5.74) is 0.294. The average Bonchev–Trinajstić information content (AvgIpc) is 3.27. The van der Waals surface area contributed by atoms with E-state index in [4.69, 9.17) is 4.74 Å². The van der Waals surface area contributed by atoms with Crippen LogP contribution in [0.15, 0.2) is 54.6 Å². The largest absolute Gasteiger partial charge is 0.480 e. The van der Waals surface area contributed by atoms with Crippen LogP contribution >= 0.6 is 0 Å². The van der Waals surface area contributed by atoms with Gasteiger partial charge in [0.1, 0.15) is 17.5 Å². The van der Waals surface area contributed by atoms with Crippen molar-refractivity contribution in [1.29, 1.82) is 0 Å². The number of likely N-dealkylation sites (tertiary alicyclic amines) is 1. The van der Waals surface area contributed by atoms with Crippen LogP contribution < -0.4 is 10.1 Å². The Labute approximate surface area is 168 Å². The Morgan fingerprint density at radius 2 is 1.72 bits per heavy atom. The van der Waals surface area contributed by atoms with E-state index in [1.807, 2.05) is 37.3 Å². The smallest absolute Gasteiger partial charge is 0.326 e. The molecule has 1 saturated heterocycles. The lowest BCUT2D eigenvalue weighted by molar-refractivity contribution is -0.149. The van der Waals surface area contributed by atoms with E-state index < -0.39 is 17.9 Å². The molecule has 2 aromatic rings. The molecule has 3 atom stereocenters. The van der Waals surface area contributed by atoms with Crippen molar-refractivity contribution in [3.05, 3.63) is 60.2 Å². The van der Waals surface area contributed by atoms with Crippen molar-refractivity contribution in [2.45, 2.75) is 31.8 Å². The molecule has 1 aliphatic carbocycles. The molecule has 4 rings (SSSR count). The Kier molecular flexibility index (Phi) is 4.74. The van der Waals surface area contributed by atoms with Crippen molar-refractivity contribution in [2.75, 3.05) is 6.54 Å². The SMILES string of the molecule is C[C@]12CC1N(C(=O)CNC(=O)c1ccc(Oc3ccccc3)cc1)[C@H](C(=O)O)C2. The number of nitrogens with one attached hydrogen (secondary N) is 1. The Bertz CT molecular complexity index is 943. The van der Waals surface area contributed by atoms with E-state index in [0.717, 1.165) is 6.42 Å². The van der Waals surface area contributed by atoms with E-state index in [9.17, 15) is 19.5 Å². The second kappa shape index (κ2) is 7.24. The number of carboxylic acids is 1. The van der Waals surface area contributed by atoms with Crippen molar-refractivity contribution in [3.8, 4) is 11.5 Å². The van der Waals surface area contributed by atoms with E-state index in [0.29, 0.717) is 23.5 Å². The van der Waals surface area contributed by atoms with Crippen molar-refractivity contribution >= 4 is 17.8 Å². The summed E-state index contributed by atoms with van der Waals surface area (Å²) in [5, 5.41) is 12.0. The maximum atomic E-state index is 12.6. The fourth-order valence-electron chi connectivity index (χ4n) is 4.00. The fraction of sp³-hybridized carbons (Fsp3) is 0.318. The monoisotopic (exact) mass is 394 g/mol. The number of piperidine rings is 1. The van der Waals surface area contributed by atoms with Crippen LogP contribution in [-0.2, 0) is 9.59 Å². The molecule has 0 aromatic heterocycles. The molecule has 1 aliphatic heterocycles. The first-order valence-corrected chi connectivity index (χ1v) is 9.52. The highest BCUT2D eigenvalue weighted by atomic mass is 16.5. The summed E-state index contributed by atoms with van der Waals surface area (Å²) in [6.07, 6.45) is 1.29. The number of fused-ring (bicyclic) bond motifs is 1. The molecular formula is C22H22N2O5. The van der Waals surface area contributed by atoms with Gasteiger partial charge in [-0.15, -0.1) is 0 Å². The lowest BCUT2D eigenvalue weighted by atomic mass is 10.0. The summed E-state index contributed by atoms with van der Waals surface area (Å²) in [4.78, 5) is 37.8. The van der Waals surface area contributed by atoms with Crippen molar-refractivity contribution in [2.24, 2.45) is 5.41 Å². The van der Waals surface area contributed by atoms with Crippen LogP contribution in [0, 0.1) is 5.41 Å². The Morgan fingerprint density at radius 1 is 1.07 bits per heavy atom. The quantitative estimate of drug-likeness (QED) is 0.785. The van der Waals surface area contributed by atoms with Crippen LogP contribution in [0.2, 0.25) is 0 Å². The standard InChI is InChI=1S/C22H22N2O5/c1-22-11-17(21(27)28)24(18(22)12-22)19(25)13-23-20(26)14-7-9-16(10-8-14)29-15-5-3-2-4-6-15/h2-10,17-18H,11-13H2,1H3,(H,23,26)(H,27,28)/t17-,18?,22-/m0/s1. The van der Waals surface area contributed by atoms with Crippen LogP contribution in [0.4, 0.5) is 0 Å². The van der Waals surface area contributed by atoms with E-state index >= 15 is 0 Å². The molecule has 29 heavy (non-hydrogen) atoms. The third-order valence-electron chi connectivity index (χ3n) is 5.70. The van der Waals surface area contributed by atoms with Crippen LogP contribution in [0.3, 0.4) is 0 Å². The Hall–Kier alpha value is -3.35. The van der Waals surface area contributed by atoms with Crippen LogP contribution in [0.25, 0.3) is 0 Å². The summed E-state index contributed by atoms with van der Waals surface area (Å²) in [5.74, 6) is -0.457. The third-order valence-corrected chi connectivity index (χ3v) is 5.70. The molecule has 1 heterocycles. The van der Waals surface area contributed by atoms with Gasteiger partial charge in [-0.1, -0.05) is 25.1 Å². The fourth-order valence-corrected chi connectivity index (χ4v) is 4.00. The zero-order valence-electron chi connectivity index (χ0n) is 16.0. The van der Waals surface area contributed by atoms with E-state index in [2.05, 4.69) is 5.32 Å². The first kappa shape index (κ1) is 19.0. The number of carboxylic acid groups (broad SMARTS) is 1. The average molecular weight is 394 g/mol. The Balaban J connectivity index is 1.34. The molecule has 1 saturated carbocycles. The van der Waals surface area contributed by atoms with Crippen LogP contribution in [-0.4, -0.2) is 46.4 Å². The van der Waals surface area contributed by atoms with Crippen molar-refractivity contribution in [3.63, 3.8) is 0 Å². The van der Waals surface area contributed by atoms with Crippen LogP contribution in [0.5, 0.6) is 11.5 Å². The maximum Gasteiger partial charge on any atom is 0.326 e. The summed E-state index contributed by atoms with van der Waals surface area (Å²) in [6.45, 7) is 1.77. The van der Waals surface area contributed by atoms with Gasteiger partial charge >= 0.3 is 5.97 Å². The predicted molar refractivity (Wildman–Crippen MR) is 105 cm³/mol. The van der Waals surface area contributed by atoms with Gasteiger partial charge in [-0.05, 0) is 54.7 Å². The first-order valence-electron chi connectivity index (χ1n) is 9.52. The molecule has 7 nitrogen and oxygen atoms in total. The number of aliphatic carboxylic acids is 1. The molecule has 0 spiro atoms. The van der Waals surface area contributed by atoms with Gasteiger partial charge in [0, 0.05) is 11.6 Å². The summed E-state index contributed by atoms with van der Waals surface area (Å²) in [6, 6.07) is 15.0. The van der Waals surface area contributed by atoms with Gasteiger partial charge in [-0.25, -0.2) is 4.79 Å². The lowest BCUT2D eigenvalue weighted by Gasteiger charge is -2.24. The molecule has 2 aliphatic rings. The van der Waals surface area contributed by atoms with Gasteiger partial charge < -0.3 is 20.1 Å². The number of carbonyl (C=O) groups is 3. The molecule has 0 bridgehead atoms. The topological polar surface area (TPSA) is 95.9 Å². The Morgan fingerprint density at radius 3 is 2.38 bits per heavy atom. The highest BCUT2D eigenvalue weighted by molar-refractivity contribution is 5.97.